The van der Waals surface area contributed by atoms with Crippen LogP contribution in [0.5, 0.6) is 0 Å². The molecule has 1 fully saturated rings. The fourth-order valence-electron chi connectivity index (χ4n) is 8.09. The number of rotatable bonds is 6. The lowest BCUT2D eigenvalue weighted by Gasteiger charge is -2.49. The molecular weight excluding hydrogens is 613 g/mol. The number of fused-ring (bicyclic) bond motifs is 10. The van der Waals surface area contributed by atoms with Crippen LogP contribution in [0.4, 0.5) is 5.69 Å². The molecule has 2 aromatic carbocycles. The Balaban J connectivity index is 1.34. The summed E-state index contributed by atoms with van der Waals surface area (Å²) in [5, 5.41) is 10.3. The van der Waals surface area contributed by atoms with Gasteiger partial charge in [-0.15, -0.1) is 0 Å². The number of aliphatic carboxylic acids is 1. The number of aryl methyl sites for hydroxylation is 2. The van der Waals surface area contributed by atoms with Gasteiger partial charge in [-0.2, -0.15) is 8.42 Å². The van der Waals surface area contributed by atoms with E-state index in [2.05, 4.69) is 46.1 Å². The van der Waals surface area contributed by atoms with Crippen LogP contribution in [-0.2, 0) is 44.6 Å². The first-order chi connectivity index (χ1) is 20.3. The molecule has 1 aromatic heterocycles. The average Bonchev–Trinajstić information content (AvgIpc) is 3.35. The summed E-state index contributed by atoms with van der Waals surface area (Å²) in [6.45, 7) is 6.43. The van der Waals surface area contributed by atoms with Gasteiger partial charge in [-0.3, -0.25) is 9.35 Å². The van der Waals surface area contributed by atoms with Crippen LogP contribution >= 0.6 is 23.2 Å². The molecule has 43 heavy (non-hydrogen) atoms. The van der Waals surface area contributed by atoms with Crippen molar-refractivity contribution < 1.29 is 32.2 Å². The molecule has 1 saturated heterocycles. The molecule has 3 aromatic rings. The smallest absolute Gasteiger partial charge is 0.307 e. The molecule has 4 aliphatic rings. The second-order valence-corrected chi connectivity index (χ2v) is 15.1. The van der Waals surface area contributed by atoms with Crippen LogP contribution in [0.3, 0.4) is 0 Å². The van der Waals surface area contributed by atoms with E-state index in [1.165, 1.54) is 5.56 Å². The van der Waals surface area contributed by atoms with Gasteiger partial charge in [0.25, 0.3) is 15.9 Å². The molecular formula is C31H34Cl2N3O6S+. The van der Waals surface area contributed by atoms with E-state index in [-0.39, 0.29) is 48.2 Å². The van der Waals surface area contributed by atoms with Gasteiger partial charge < -0.3 is 14.7 Å². The summed E-state index contributed by atoms with van der Waals surface area (Å²) < 4.78 is 43.8. The summed E-state index contributed by atoms with van der Waals surface area (Å²) >= 11 is 12.9. The van der Waals surface area contributed by atoms with E-state index in [4.69, 9.17) is 27.9 Å². The molecule has 5 heterocycles. The van der Waals surface area contributed by atoms with Gasteiger partial charge in [0.05, 0.1) is 53.1 Å². The van der Waals surface area contributed by atoms with Crippen LogP contribution < -0.4 is 9.47 Å². The summed E-state index contributed by atoms with van der Waals surface area (Å²) in [6, 6.07) is 9.87. The minimum Gasteiger partial charge on any atom is -0.481 e. The number of nitrogens with zero attached hydrogens (tertiary/aromatic N) is 3. The molecule has 0 spiro atoms. The average molecular weight is 648 g/mol. The number of piperidine rings is 1. The molecule has 12 heteroatoms. The number of ether oxygens (including phenoxy) is 1. The number of imidazole rings is 1. The zero-order chi connectivity index (χ0) is 30.4. The third-order valence-electron chi connectivity index (χ3n) is 9.77. The molecule has 2 N–H and O–H groups in total. The van der Waals surface area contributed by atoms with Gasteiger partial charge in [0.2, 0.25) is 0 Å². The van der Waals surface area contributed by atoms with Crippen molar-refractivity contribution in [3.05, 3.63) is 63.4 Å². The highest BCUT2D eigenvalue weighted by molar-refractivity contribution is 7.85. The van der Waals surface area contributed by atoms with Crippen molar-refractivity contribution in [1.29, 1.82) is 0 Å². The number of hydrogen-bond acceptors (Lipinski definition) is 5. The maximum absolute atomic E-state index is 11.6. The first-order valence-electron chi connectivity index (χ1n) is 14.7. The Morgan fingerprint density at radius 3 is 2.67 bits per heavy atom. The number of aromatic nitrogens is 2. The van der Waals surface area contributed by atoms with Crippen molar-refractivity contribution in [2.24, 2.45) is 5.92 Å². The molecule has 228 valence electrons. The highest BCUT2D eigenvalue weighted by Gasteiger charge is 2.55. The number of carboxylic acid groups (broad SMARTS) is 1. The number of hydrogen-bond donors (Lipinski definition) is 2. The highest BCUT2D eigenvalue weighted by Crippen LogP contribution is 2.53. The van der Waals surface area contributed by atoms with Gasteiger partial charge in [0.1, 0.15) is 0 Å². The zero-order valence-electron chi connectivity index (χ0n) is 24.0. The summed E-state index contributed by atoms with van der Waals surface area (Å²) in [7, 11) is -4.11. The van der Waals surface area contributed by atoms with Crippen molar-refractivity contribution in [3.63, 3.8) is 0 Å². The first kappa shape index (κ1) is 29.1. The van der Waals surface area contributed by atoms with Gasteiger partial charge in [-0.05, 0) is 23.6 Å². The number of benzene rings is 2. The summed E-state index contributed by atoms with van der Waals surface area (Å²) in [6.07, 6.45) is 4.24. The third kappa shape index (κ3) is 4.77. The Bertz CT molecular complexity index is 1820. The Labute approximate surface area is 260 Å². The lowest BCUT2D eigenvalue weighted by Crippen LogP contribution is -2.58. The molecule has 7 rings (SSSR count). The van der Waals surface area contributed by atoms with E-state index >= 15 is 0 Å². The fraction of sp³-hybridized carbons (Fsp3) is 0.484. The van der Waals surface area contributed by atoms with Gasteiger partial charge >= 0.3 is 5.97 Å². The maximum Gasteiger partial charge on any atom is 0.307 e. The monoisotopic (exact) mass is 646 g/mol. The van der Waals surface area contributed by atoms with Crippen LogP contribution in [0.1, 0.15) is 50.1 Å². The van der Waals surface area contributed by atoms with Crippen LogP contribution in [0.15, 0.2) is 36.4 Å². The number of carboxylic acids is 1. The minimum absolute atomic E-state index is 0.00884. The molecule has 0 amide bonds. The van der Waals surface area contributed by atoms with E-state index in [0.29, 0.717) is 23.1 Å². The molecule has 0 radical (unpaired) electrons. The van der Waals surface area contributed by atoms with E-state index in [1.54, 1.807) is 0 Å². The summed E-state index contributed by atoms with van der Waals surface area (Å²) in [5.41, 5.74) is 5.71. The van der Waals surface area contributed by atoms with Gasteiger partial charge in [-0.25, -0.2) is 9.13 Å². The predicted octanol–water partition coefficient (Wildman–Crippen LogP) is 4.88. The van der Waals surface area contributed by atoms with Crippen LogP contribution in [-0.4, -0.2) is 59.2 Å². The fourth-order valence-corrected chi connectivity index (χ4v) is 8.90. The van der Waals surface area contributed by atoms with Crippen molar-refractivity contribution >= 4 is 61.6 Å². The normalized spacial score (nSPS) is 25.4. The molecule has 0 saturated carbocycles. The Morgan fingerprint density at radius 1 is 1.16 bits per heavy atom. The Kier molecular flexibility index (Phi) is 6.91. The zero-order valence-corrected chi connectivity index (χ0v) is 26.3. The van der Waals surface area contributed by atoms with Crippen LogP contribution in [0.25, 0.3) is 16.6 Å². The van der Waals surface area contributed by atoms with Gasteiger partial charge in [0, 0.05) is 54.6 Å². The number of halogens is 2. The van der Waals surface area contributed by atoms with E-state index in [9.17, 15) is 22.9 Å². The standard InChI is InChI=1S/C31H33Cl2N3O6S/c1-31(2)20-12-17(13-28(37)38)4-5-23(20)34-9-6-26-18(29(31)34)14-19-27(42-26)7-10-36-25-16-22(33)21(32)15-24(25)35(30(19)36)8-3-11-43(39,40)41/h4-5,12,14-16,18,26-27,29H,3,6-11,13H2,1-2H3,(H-,37,38,39,40,41)/p+1. The molecule has 4 aliphatic heterocycles. The van der Waals surface area contributed by atoms with Crippen molar-refractivity contribution in [2.75, 3.05) is 17.2 Å². The molecule has 4 unspecified atom stereocenters. The molecule has 9 nitrogen and oxygen atoms in total. The summed E-state index contributed by atoms with van der Waals surface area (Å²) in [4.78, 5) is 13.9. The van der Waals surface area contributed by atoms with Gasteiger partial charge in [0.15, 0.2) is 11.0 Å². The second-order valence-electron chi connectivity index (χ2n) is 12.7. The minimum atomic E-state index is -4.11. The van der Waals surface area contributed by atoms with Crippen LogP contribution in [0, 0.1) is 5.92 Å². The SMILES string of the molecule is CC1(C)c2cc(CC(=O)O)ccc2N2CCC3OC4CC[n+]5c(n(CCCS(=O)(=O)O)c6cc(Cl)c(Cl)cc65)C4=CC3C21. The first-order valence-corrected chi connectivity index (χ1v) is 17.1. The topological polar surface area (TPSA) is 113 Å². The largest absolute Gasteiger partial charge is 0.481 e. The lowest BCUT2D eigenvalue weighted by atomic mass is 9.70. The van der Waals surface area contributed by atoms with E-state index in [0.717, 1.165) is 53.1 Å². The molecule has 0 aliphatic carbocycles. The number of anilines is 1. The Morgan fingerprint density at radius 2 is 1.93 bits per heavy atom. The number of carbonyl (C=O) groups is 1. The van der Waals surface area contributed by atoms with Crippen molar-refractivity contribution in [1.82, 2.24) is 4.57 Å². The lowest BCUT2D eigenvalue weighted by molar-refractivity contribution is -0.679. The van der Waals surface area contributed by atoms with Crippen molar-refractivity contribution in [2.45, 2.75) is 76.3 Å². The van der Waals surface area contributed by atoms with E-state index in [1.807, 2.05) is 18.2 Å². The van der Waals surface area contributed by atoms with Gasteiger partial charge in [-0.1, -0.05) is 55.3 Å². The third-order valence-corrected chi connectivity index (χ3v) is 11.3. The second kappa shape index (κ2) is 10.2. The molecule has 4 atom stereocenters. The summed E-state index contributed by atoms with van der Waals surface area (Å²) in [5.74, 6) is -0.157. The quantitative estimate of drug-likeness (QED) is 0.290. The Hall–Kier alpha value is -2.63. The predicted molar refractivity (Wildman–Crippen MR) is 164 cm³/mol. The van der Waals surface area contributed by atoms with Crippen LogP contribution in [0.2, 0.25) is 10.0 Å². The highest BCUT2D eigenvalue weighted by atomic mass is 35.5. The maximum atomic E-state index is 11.6. The van der Waals surface area contributed by atoms with Crippen molar-refractivity contribution in [3.8, 4) is 0 Å². The molecule has 0 bridgehead atoms. The van der Waals surface area contributed by atoms with E-state index < -0.39 is 16.1 Å².